The summed E-state index contributed by atoms with van der Waals surface area (Å²) in [6, 6.07) is 32.5. The fraction of sp³-hybridized carbons (Fsp3) is 0.531. The number of benzene rings is 3. The smallest absolute Gasteiger partial charge is 0.168 e. The topological polar surface area (TPSA) is 31.6 Å². The third-order valence-electron chi connectivity index (χ3n) is 11.2. The number of aryl methyl sites for hydroxylation is 1. The van der Waals surface area contributed by atoms with Crippen molar-refractivity contribution in [2.24, 2.45) is 0 Å². The molecule has 0 fully saturated rings. The van der Waals surface area contributed by atoms with Crippen LogP contribution < -0.4 is 18.8 Å². The number of methoxy groups -OCH3 is 3. The molecule has 4 aromatic rings. The van der Waals surface area contributed by atoms with Crippen molar-refractivity contribution in [1.82, 2.24) is 0 Å². The van der Waals surface area contributed by atoms with Gasteiger partial charge in [0, 0.05) is 24.7 Å². The van der Waals surface area contributed by atoms with Crippen molar-refractivity contribution in [3.05, 3.63) is 120 Å². The van der Waals surface area contributed by atoms with Gasteiger partial charge in [0.2, 0.25) is 0 Å². The SMILES string of the molecule is CCCCCCCCCCCC[B-](Cc1ccc(OC)cc1)(Cc1ccc(OC)cc1)Cc1ccc(OC)cc1.CCCCCCCC[n+]1ccccc1. The van der Waals surface area contributed by atoms with Gasteiger partial charge >= 0.3 is 0 Å². The van der Waals surface area contributed by atoms with Crippen molar-refractivity contribution >= 4 is 6.15 Å². The lowest BCUT2D eigenvalue weighted by atomic mass is 9.16. The van der Waals surface area contributed by atoms with Crippen LogP contribution in [0, 0.1) is 0 Å². The Bertz CT molecular complexity index is 1340. The number of unbranched alkanes of at least 4 members (excludes halogenated alkanes) is 14. The summed E-state index contributed by atoms with van der Waals surface area (Å²) in [6.07, 6.45) is 30.0. The number of hydrogen-bond acceptors (Lipinski definition) is 3. The molecule has 0 aliphatic heterocycles. The zero-order valence-corrected chi connectivity index (χ0v) is 34.9. The lowest BCUT2D eigenvalue weighted by molar-refractivity contribution is -0.697. The molecule has 0 radical (unpaired) electrons. The Morgan fingerprint density at radius 3 is 1.09 bits per heavy atom. The van der Waals surface area contributed by atoms with E-state index in [1.54, 1.807) is 21.3 Å². The Morgan fingerprint density at radius 1 is 0.407 bits per heavy atom. The van der Waals surface area contributed by atoms with Crippen molar-refractivity contribution in [2.45, 2.75) is 148 Å². The quantitative estimate of drug-likeness (QED) is 0.0347. The summed E-state index contributed by atoms with van der Waals surface area (Å²) in [5.41, 5.74) is 4.19. The average Bonchev–Trinajstić information content (AvgIpc) is 3.21. The molecule has 296 valence electrons. The van der Waals surface area contributed by atoms with Crippen molar-refractivity contribution in [3.8, 4) is 17.2 Å². The highest BCUT2D eigenvalue weighted by molar-refractivity contribution is 6.78. The van der Waals surface area contributed by atoms with E-state index in [0.29, 0.717) is 0 Å². The van der Waals surface area contributed by atoms with Gasteiger partial charge in [-0.15, -0.1) is 0 Å². The number of ether oxygens (including phenoxy) is 3. The van der Waals surface area contributed by atoms with E-state index in [0.717, 1.165) is 36.2 Å². The van der Waals surface area contributed by atoms with Crippen LogP contribution in [0.5, 0.6) is 17.2 Å². The van der Waals surface area contributed by atoms with Gasteiger partial charge in [0.15, 0.2) is 12.4 Å². The maximum Gasteiger partial charge on any atom is 0.168 e. The first-order valence-corrected chi connectivity index (χ1v) is 21.6. The maximum atomic E-state index is 5.45. The van der Waals surface area contributed by atoms with Crippen molar-refractivity contribution < 1.29 is 18.8 Å². The molecule has 0 atom stereocenters. The summed E-state index contributed by atoms with van der Waals surface area (Å²) in [4.78, 5) is 0. The molecule has 0 bridgehead atoms. The first kappa shape index (κ1) is 44.7. The maximum absolute atomic E-state index is 5.45. The van der Waals surface area contributed by atoms with Gasteiger partial charge in [-0.05, 0) is 42.8 Å². The minimum Gasteiger partial charge on any atom is -0.497 e. The molecule has 5 heteroatoms. The van der Waals surface area contributed by atoms with Crippen LogP contribution in [0.4, 0.5) is 0 Å². The largest absolute Gasteiger partial charge is 0.497 e. The molecule has 0 aliphatic carbocycles. The molecule has 0 saturated carbocycles. The molecule has 0 N–H and O–H groups in total. The molecule has 0 unspecified atom stereocenters. The molecule has 3 aromatic carbocycles. The molecule has 1 aromatic heterocycles. The van der Waals surface area contributed by atoms with Gasteiger partial charge in [0.25, 0.3) is 0 Å². The monoisotopic (exact) mass is 736 g/mol. The van der Waals surface area contributed by atoms with E-state index in [9.17, 15) is 0 Å². The average molecular weight is 736 g/mol. The van der Waals surface area contributed by atoms with Gasteiger partial charge in [-0.25, -0.2) is 4.57 Å². The normalized spacial score (nSPS) is 11.1. The van der Waals surface area contributed by atoms with Crippen molar-refractivity contribution in [3.63, 3.8) is 0 Å². The number of nitrogens with zero attached hydrogens (tertiary/aromatic N) is 1. The molecule has 0 amide bonds. The Labute approximate surface area is 331 Å². The highest BCUT2D eigenvalue weighted by atomic mass is 16.5. The Kier molecular flexibility index (Phi) is 23.0. The van der Waals surface area contributed by atoms with Gasteiger partial charge in [-0.2, -0.15) is 25.3 Å². The third-order valence-corrected chi connectivity index (χ3v) is 11.2. The molecule has 0 saturated heterocycles. The van der Waals surface area contributed by atoms with Gasteiger partial charge in [-0.1, -0.05) is 163 Å². The predicted octanol–water partition coefficient (Wildman–Crippen LogP) is 13.1. The van der Waals surface area contributed by atoms with E-state index < -0.39 is 6.15 Å². The number of aromatic nitrogens is 1. The fourth-order valence-electron chi connectivity index (χ4n) is 8.03. The second-order valence-corrected chi connectivity index (χ2v) is 15.7. The van der Waals surface area contributed by atoms with Crippen LogP contribution >= 0.6 is 0 Å². The first-order chi connectivity index (χ1) is 26.5. The predicted molar refractivity (Wildman–Crippen MR) is 233 cm³/mol. The lowest BCUT2D eigenvalue weighted by Gasteiger charge is -2.41. The minimum atomic E-state index is -0.756. The second-order valence-electron chi connectivity index (χ2n) is 15.7. The van der Waals surface area contributed by atoms with E-state index in [4.69, 9.17) is 14.2 Å². The van der Waals surface area contributed by atoms with Crippen LogP contribution in [0.2, 0.25) is 6.32 Å². The molecule has 0 spiro atoms. The van der Waals surface area contributed by atoms with Crippen molar-refractivity contribution in [1.29, 1.82) is 0 Å². The van der Waals surface area contributed by atoms with Crippen LogP contribution in [0.15, 0.2) is 103 Å². The van der Waals surface area contributed by atoms with Gasteiger partial charge in [-0.3, -0.25) is 0 Å². The van der Waals surface area contributed by atoms with Crippen LogP contribution in [0.25, 0.3) is 0 Å². The summed E-state index contributed by atoms with van der Waals surface area (Å²) >= 11 is 0. The van der Waals surface area contributed by atoms with Crippen molar-refractivity contribution in [2.75, 3.05) is 21.3 Å². The standard InChI is InChI=1S/C36H52BO3.C13H22N/c1-5-6-7-8-9-10-11-12-13-14-27-37(28-31-15-21-34(38-2)22-16-31,29-32-17-23-35(39-3)24-18-32)30-33-19-25-36(40-4)26-20-33;1-2-3-4-5-6-8-11-14-12-9-7-10-13-14/h15-26H,5-14,27-30H2,1-4H3;7,9-10,12-13H,2-6,8,11H2,1H3/q-1;+1. The Balaban J connectivity index is 0.000000469. The van der Waals surface area contributed by atoms with E-state index >= 15 is 0 Å². The third kappa shape index (κ3) is 18.5. The molecular weight excluding hydrogens is 661 g/mol. The fourth-order valence-corrected chi connectivity index (χ4v) is 8.03. The zero-order valence-electron chi connectivity index (χ0n) is 34.9. The summed E-state index contributed by atoms with van der Waals surface area (Å²) < 4.78 is 18.6. The molecule has 4 rings (SSSR count). The number of pyridine rings is 1. The van der Waals surface area contributed by atoms with Crippen LogP contribution in [0.1, 0.15) is 133 Å². The summed E-state index contributed by atoms with van der Waals surface area (Å²) in [7, 11) is 5.21. The number of rotatable bonds is 27. The first-order valence-electron chi connectivity index (χ1n) is 21.6. The zero-order chi connectivity index (χ0) is 38.5. The minimum absolute atomic E-state index is 0.756. The number of hydrogen-bond donors (Lipinski definition) is 0. The molecule has 0 aliphatic rings. The molecule has 54 heavy (non-hydrogen) atoms. The summed E-state index contributed by atoms with van der Waals surface area (Å²) in [5, 5.41) is 0. The van der Waals surface area contributed by atoms with E-state index in [-0.39, 0.29) is 0 Å². The highest BCUT2D eigenvalue weighted by Crippen LogP contribution is 2.31. The van der Waals surface area contributed by atoms with Crippen LogP contribution in [-0.2, 0) is 25.5 Å². The van der Waals surface area contributed by atoms with E-state index in [2.05, 4.69) is 122 Å². The second kappa shape index (κ2) is 27.8. The summed E-state index contributed by atoms with van der Waals surface area (Å²) in [6.45, 7) is 5.73. The Morgan fingerprint density at radius 2 is 0.741 bits per heavy atom. The molecule has 4 nitrogen and oxygen atoms in total. The molecular formula is C49H74BNO3. The Hall–Kier alpha value is -3.73. The highest BCUT2D eigenvalue weighted by Gasteiger charge is 2.26. The lowest BCUT2D eigenvalue weighted by Crippen LogP contribution is -2.43. The molecule has 1 heterocycles. The van der Waals surface area contributed by atoms with E-state index in [1.807, 2.05) is 0 Å². The van der Waals surface area contributed by atoms with Crippen LogP contribution in [-0.4, -0.2) is 27.5 Å². The van der Waals surface area contributed by atoms with Crippen LogP contribution in [0.3, 0.4) is 0 Å². The van der Waals surface area contributed by atoms with Gasteiger partial charge in [0.1, 0.15) is 23.8 Å². The summed E-state index contributed by atoms with van der Waals surface area (Å²) in [5.74, 6) is 2.76. The van der Waals surface area contributed by atoms with E-state index in [1.165, 1.54) is 132 Å². The van der Waals surface area contributed by atoms with Gasteiger partial charge < -0.3 is 14.2 Å². The van der Waals surface area contributed by atoms with Gasteiger partial charge in [0.05, 0.1) is 21.3 Å².